The topological polar surface area (TPSA) is 15.3 Å². The Kier molecular flexibility index (Phi) is 5.19. The van der Waals surface area contributed by atoms with Crippen molar-refractivity contribution in [3.8, 4) is 0 Å². The predicted molar refractivity (Wildman–Crippen MR) is 66.4 cm³/mol. The Hall–Kier alpha value is -0.640. The van der Waals surface area contributed by atoms with Gasteiger partial charge in [0.2, 0.25) is 0 Å². The fraction of sp³-hybridized carbons (Fsp3) is 0.500. The van der Waals surface area contributed by atoms with Gasteiger partial charge in [-0.3, -0.25) is 4.90 Å². The Labute approximate surface area is 102 Å². The molecule has 16 heavy (non-hydrogen) atoms. The molecule has 0 aliphatic carbocycles. The lowest BCUT2D eigenvalue weighted by Crippen LogP contribution is -2.49. The number of benzene rings is 1. The van der Waals surface area contributed by atoms with Crippen LogP contribution < -0.4 is 5.32 Å². The van der Waals surface area contributed by atoms with Crippen LogP contribution in [0.2, 0.25) is 0 Å². The van der Waals surface area contributed by atoms with Crippen molar-refractivity contribution in [3.63, 3.8) is 0 Å². The molecule has 0 aromatic heterocycles. The zero-order valence-electron chi connectivity index (χ0n) is 9.45. The molecule has 0 spiro atoms. The molecule has 1 atom stereocenters. The summed E-state index contributed by atoms with van der Waals surface area (Å²) in [5.74, 6) is -0.143. The standard InChI is InChI=1S/C12H17FN2.ClH/c1-10-8-14-5-6-15(10)9-11-3-2-4-12(13)7-11;/h2-4,7,10,14H,5-6,8-9H2,1H3;1H/t10-;/m1./s1. The van der Waals surface area contributed by atoms with E-state index >= 15 is 0 Å². The van der Waals surface area contributed by atoms with E-state index in [1.165, 1.54) is 6.07 Å². The van der Waals surface area contributed by atoms with E-state index < -0.39 is 0 Å². The number of nitrogens with one attached hydrogen (secondary N) is 1. The zero-order valence-corrected chi connectivity index (χ0v) is 10.3. The quantitative estimate of drug-likeness (QED) is 0.857. The molecule has 1 heterocycles. The van der Waals surface area contributed by atoms with E-state index in [1.54, 1.807) is 12.1 Å². The third kappa shape index (κ3) is 3.44. The highest BCUT2D eigenvalue weighted by Gasteiger charge is 2.17. The molecule has 1 aromatic rings. The number of hydrogen-bond acceptors (Lipinski definition) is 2. The maximum absolute atomic E-state index is 13.0. The van der Waals surface area contributed by atoms with Crippen LogP contribution in [0.1, 0.15) is 12.5 Å². The van der Waals surface area contributed by atoms with Crippen LogP contribution >= 0.6 is 12.4 Å². The SMILES string of the molecule is C[C@@H]1CNCCN1Cc1cccc(F)c1.Cl. The molecule has 0 amide bonds. The molecule has 1 N–H and O–H groups in total. The lowest BCUT2D eigenvalue weighted by Gasteiger charge is -2.33. The molecular weight excluding hydrogens is 227 g/mol. The van der Waals surface area contributed by atoms with Crippen molar-refractivity contribution < 1.29 is 4.39 Å². The Bertz CT molecular complexity index is 333. The van der Waals surface area contributed by atoms with Crippen molar-refractivity contribution in [2.45, 2.75) is 19.5 Å². The Balaban J connectivity index is 0.00000128. The summed E-state index contributed by atoms with van der Waals surface area (Å²) in [6.45, 7) is 6.14. The second-order valence-corrected chi connectivity index (χ2v) is 4.15. The molecule has 2 rings (SSSR count). The molecule has 1 aliphatic rings. The summed E-state index contributed by atoms with van der Waals surface area (Å²) < 4.78 is 13.0. The normalized spacial score (nSPS) is 21.5. The highest BCUT2D eigenvalue weighted by atomic mass is 35.5. The number of hydrogen-bond donors (Lipinski definition) is 1. The van der Waals surface area contributed by atoms with Crippen molar-refractivity contribution in [1.29, 1.82) is 0 Å². The Morgan fingerprint density at radius 3 is 3.00 bits per heavy atom. The maximum Gasteiger partial charge on any atom is 0.123 e. The third-order valence-corrected chi connectivity index (χ3v) is 2.91. The largest absolute Gasteiger partial charge is 0.314 e. The highest BCUT2D eigenvalue weighted by Crippen LogP contribution is 2.11. The van der Waals surface area contributed by atoms with Crippen LogP contribution in [0.25, 0.3) is 0 Å². The van der Waals surface area contributed by atoms with E-state index in [0.29, 0.717) is 6.04 Å². The first-order chi connectivity index (χ1) is 7.25. The van der Waals surface area contributed by atoms with Gasteiger partial charge in [0.15, 0.2) is 0 Å². The fourth-order valence-corrected chi connectivity index (χ4v) is 1.99. The summed E-state index contributed by atoms with van der Waals surface area (Å²) in [6.07, 6.45) is 0. The third-order valence-electron chi connectivity index (χ3n) is 2.91. The molecule has 0 unspecified atom stereocenters. The van der Waals surface area contributed by atoms with Gasteiger partial charge in [-0.1, -0.05) is 12.1 Å². The summed E-state index contributed by atoms with van der Waals surface area (Å²) in [6, 6.07) is 7.40. The molecule has 90 valence electrons. The van der Waals surface area contributed by atoms with Gasteiger partial charge in [-0.05, 0) is 24.6 Å². The van der Waals surface area contributed by atoms with Crippen molar-refractivity contribution in [2.24, 2.45) is 0 Å². The van der Waals surface area contributed by atoms with Crippen LogP contribution in [-0.4, -0.2) is 30.6 Å². The highest BCUT2D eigenvalue weighted by molar-refractivity contribution is 5.85. The van der Waals surface area contributed by atoms with Crippen LogP contribution in [-0.2, 0) is 6.54 Å². The van der Waals surface area contributed by atoms with E-state index in [1.807, 2.05) is 6.07 Å². The summed E-state index contributed by atoms with van der Waals surface area (Å²) in [5.41, 5.74) is 1.06. The van der Waals surface area contributed by atoms with E-state index in [2.05, 4.69) is 17.1 Å². The van der Waals surface area contributed by atoms with Gasteiger partial charge >= 0.3 is 0 Å². The van der Waals surface area contributed by atoms with E-state index in [4.69, 9.17) is 0 Å². The summed E-state index contributed by atoms with van der Waals surface area (Å²) in [5, 5.41) is 3.35. The van der Waals surface area contributed by atoms with E-state index in [-0.39, 0.29) is 18.2 Å². The van der Waals surface area contributed by atoms with Crippen LogP contribution in [0.5, 0.6) is 0 Å². The summed E-state index contributed by atoms with van der Waals surface area (Å²) >= 11 is 0. The Morgan fingerprint density at radius 2 is 2.31 bits per heavy atom. The van der Waals surface area contributed by atoms with Crippen LogP contribution in [0.15, 0.2) is 24.3 Å². The van der Waals surface area contributed by atoms with Gasteiger partial charge in [0.1, 0.15) is 5.82 Å². The minimum atomic E-state index is -0.143. The van der Waals surface area contributed by atoms with Gasteiger partial charge in [0.25, 0.3) is 0 Å². The smallest absolute Gasteiger partial charge is 0.123 e. The summed E-state index contributed by atoms with van der Waals surface area (Å²) in [4.78, 5) is 2.38. The number of nitrogens with zero attached hydrogens (tertiary/aromatic N) is 1. The maximum atomic E-state index is 13.0. The average Bonchev–Trinajstić information content (AvgIpc) is 2.22. The van der Waals surface area contributed by atoms with Gasteiger partial charge < -0.3 is 5.32 Å². The molecular formula is C12H18ClFN2. The molecule has 1 saturated heterocycles. The summed E-state index contributed by atoms with van der Waals surface area (Å²) in [7, 11) is 0. The minimum absolute atomic E-state index is 0. The first-order valence-corrected chi connectivity index (χ1v) is 5.45. The zero-order chi connectivity index (χ0) is 10.7. The van der Waals surface area contributed by atoms with Crippen molar-refractivity contribution in [1.82, 2.24) is 10.2 Å². The van der Waals surface area contributed by atoms with Crippen LogP contribution in [0, 0.1) is 5.82 Å². The van der Waals surface area contributed by atoms with Crippen molar-refractivity contribution >= 4 is 12.4 Å². The molecule has 0 bridgehead atoms. The Morgan fingerprint density at radius 1 is 1.50 bits per heavy atom. The molecule has 2 nitrogen and oxygen atoms in total. The molecule has 0 radical (unpaired) electrons. The van der Waals surface area contributed by atoms with Crippen molar-refractivity contribution in [3.05, 3.63) is 35.6 Å². The van der Waals surface area contributed by atoms with Crippen molar-refractivity contribution in [2.75, 3.05) is 19.6 Å². The molecule has 0 saturated carbocycles. The van der Waals surface area contributed by atoms with Gasteiger partial charge in [0, 0.05) is 32.2 Å². The first kappa shape index (κ1) is 13.4. The molecule has 1 aliphatic heterocycles. The first-order valence-electron chi connectivity index (χ1n) is 5.45. The molecule has 1 fully saturated rings. The molecule has 4 heteroatoms. The minimum Gasteiger partial charge on any atom is -0.314 e. The van der Waals surface area contributed by atoms with Gasteiger partial charge in [-0.15, -0.1) is 12.4 Å². The number of rotatable bonds is 2. The molecule has 1 aromatic carbocycles. The second kappa shape index (κ2) is 6.18. The van der Waals surface area contributed by atoms with E-state index in [0.717, 1.165) is 31.7 Å². The fourth-order valence-electron chi connectivity index (χ4n) is 1.99. The number of halogens is 2. The van der Waals surface area contributed by atoms with Gasteiger partial charge in [-0.2, -0.15) is 0 Å². The lowest BCUT2D eigenvalue weighted by molar-refractivity contribution is 0.165. The number of piperazine rings is 1. The van der Waals surface area contributed by atoms with Crippen LogP contribution in [0.3, 0.4) is 0 Å². The second-order valence-electron chi connectivity index (χ2n) is 4.15. The van der Waals surface area contributed by atoms with E-state index in [9.17, 15) is 4.39 Å². The lowest BCUT2D eigenvalue weighted by atomic mass is 10.1. The monoisotopic (exact) mass is 244 g/mol. The predicted octanol–water partition coefficient (Wildman–Crippen LogP) is 2.04. The van der Waals surface area contributed by atoms with Crippen LogP contribution in [0.4, 0.5) is 4.39 Å². The average molecular weight is 245 g/mol. The van der Waals surface area contributed by atoms with Gasteiger partial charge in [0.05, 0.1) is 0 Å². The van der Waals surface area contributed by atoms with Gasteiger partial charge in [-0.25, -0.2) is 4.39 Å².